The van der Waals surface area contributed by atoms with E-state index in [-0.39, 0.29) is 21.0 Å². The van der Waals surface area contributed by atoms with Crippen LogP contribution in [0.2, 0.25) is 0 Å². The predicted octanol–water partition coefficient (Wildman–Crippen LogP) is 8.66. The number of rotatable bonds is 9. The Bertz CT molecular complexity index is 1890. The largest absolute Gasteiger partial charge is 0.379 e. The van der Waals surface area contributed by atoms with Gasteiger partial charge in [-0.25, -0.2) is 3.63 Å². The first-order chi connectivity index (χ1) is 20.8. The second-order valence-electron chi connectivity index (χ2n) is 11.3. The maximum absolute atomic E-state index is 14.1. The Morgan fingerprint density at radius 3 is 1.36 bits per heavy atom. The van der Waals surface area contributed by atoms with E-state index >= 15 is 0 Å². The highest BCUT2D eigenvalue weighted by molar-refractivity contribution is 8.33. The van der Waals surface area contributed by atoms with Gasteiger partial charge in [-0.2, -0.15) is 16.8 Å². The van der Waals surface area contributed by atoms with Crippen molar-refractivity contribution in [3.8, 4) is 5.75 Å². The van der Waals surface area contributed by atoms with Crippen molar-refractivity contribution in [2.24, 2.45) is 0 Å². The van der Waals surface area contributed by atoms with Gasteiger partial charge in [-0.1, -0.05) is 87.0 Å². The fourth-order valence-electron chi connectivity index (χ4n) is 4.61. The van der Waals surface area contributed by atoms with E-state index in [1.165, 1.54) is 36.4 Å². The van der Waals surface area contributed by atoms with Crippen LogP contribution in [0.25, 0.3) is 0 Å². The SMILES string of the molecule is Cc1ccc(S(=O)(=O)Oc2ccc(S(=O)(=O)OS(c3ccccc3)(c3ccccc3)c3ccc(C(C)(C)C)cc3)cc2)cc1. The quantitative estimate of drug-likeness (QED) is 0.149. The smallest absolute Gasteiger partial charge is 0.339 e. The standard InChI is InChI=1S/C35H34O6S3/c1-27-15-21-33(22-16-27)43(36,37)40-29-19-25-34(26-20-29)44(38,39)41-42(30-11-7-5-8-12-30,31-13-9-6-10-14-31)32-23-17-28(18-24-32)35(2,3)4/h5-26H,1-4H3. The van der Waals surface area contributed by atoms with Crippen LogP contribution in [-0.4, -0.2) is 16.8 Å². The van der Waals surface area contributed by atoms with E-state index in [1.807, 2.05) is 91.9 Å². The van der Waals surface area contributed by atoms with Gasteiger partial charge in [0, 0.05) is 14.7 Å². The Labute approximate surface area is 262 Å². The first kappa shape index (κ1) is 31.5. The molecule has 0 aliphatic rings. The van der Waals surface area contributed by atoms with Crippen molar-refractivity contribution >= 4 is 30.5 Å². The molecule has 0 fully saturated rings. The van der Waals surface area contributed by atoms with E-state index in [4.69, 9.17) is 7.81 Å². The lowest BCUT2D eigenvalue weighted by molar-refractivity contribution is 0.485. The normalized spacial score (nSPS) is 12.9. The molecule has 44 heavy (non-hydrogen) atoms. The summed E-state index contributed by atoms with van der Waals surface area (Å²) in [7, 11) is -11.3. The maximum atomic E-state index is 14.1. The van der Waals surface area contributed by atoms with Crippen molar-refractivity contribution in [2.45, 2.75) is 57.6 Å². The zero-order valence-electron chi connectivity index (χ0n) is 24.9. The van der Waals surface area contributed by atoms with Crippen LogP contribution in [0.3, 0.4) is 0 Å². The van der Waals surface area contributed by atoms with Gasteiger partial charge in [0.1, 0.15) is 10.6 Å². The van der Waals surface area contributed by atoms with Crippen LogP contribution in [-0.2, 0) is 29.3 Å². The number of benzene rings is 5. The lowest BCUT2D eigenvalue weighted by atomic mass is 9.87. The Morgan fingerprint density at radius 2 is 0.886 bits per heavy atom. The summed E-state index contributed by atoms with van der Waals surface area (Å²) in [5.41, 5.74) is 1.92. The zero-order chi connectivity index (χ0) is 31.6. The van der Waals surface area contributed by atoms with Gasteiger partial charge in [0.2, 0.25) is 0 Å². The molecular formula is C35H34O6S3. The molecule has 0 unspecified atom stereocenters. The van der Waals surface area contributed by atoms with Crippen LogP contribution in [0.15, 0.2) is 158 Å². The lowest BCUT2D eigenvalue weighted by Crippen LogP contribution is -2.15. The molecular weight excluding hydrogens is 613 g/mol. The Balaban J connectivity index is 1.57. The van der Waals surface area contributed by atoms with E-state index in [2.05, 4.69) is 20.8 Å². The number of hydrogen-bond acceptors (Lipinski definition) is 6. The monoisotopic (exact) mass is 646 g/mol. The molecule has 0 spiro atoms. The predicted molar refractivity (Wildman–Crippen MR) is 174 cm³/mol. The van der Waals surface area contributed by atoms with Gasteiger partial charge in [-0.3, -0.25) is 0 Å². The summed E-state index contributed by atoms with van der Waals surface area (Å²) in [6, 6.07) is 38.1. The minimum absolute atomic E-state index is 0.000263. The van der Waals surface area contributed by atoms with E-state index in [9.17, 15) is 16.8 Å². The molecule has 0 N–H and O–H groups in total. The van der Waals surface area contributed by atoms with Crippen molar-refractivity contribution < 1.29 is 24.6 Å². The van der Waals surface area contributed by atoms with Crippen molar-refractivity contribution in [3.05, 3.63) is 145 Å². The second kappa shape index (κ2) is 12.2. The first-order valence-electron chi connectivity index (χ1n) is 13.9. The van der Waals surface area contributed by atoms with E-state index in [0.717, 1.165) is 16.0 Å². The second-order valence-corrected chi connectivity index (χ2v) is 17.3. The van der Waals surface area contributed by atoms with Crippen molar-refractivity contribution in [2.75, 3.05) is 0 Å². The van der Waals surface area contributed by atoms with Gasteiger partial charge in [0.15, 0.2) is 0 Å². The van der Waals surface area contributed by atoms with Gasteiger partial charge in [0.25, 0.3) is 0 Å². The van der Waals surface area contributed by atoms with Crippen molar-refractivity contribution in [3.63, 3.8) is 0 Å². The molecule has 6 nitrogen and oxygen atoms in total. The fraction of sp³-hybridized carbons (Fsp3) is 0.143. The van der Waals surface area contributed by atoms with Gasteiger partial charge in [-0.05, 0) is 101 Å². The molecule has 9 heteroatoms. The summed E-state index contributed by atoms with van der Waals surface area (Å²) in [6.07, 6.45) is 0. The molecule has 0 atom stereocenters. The van der Waals surface area contributed by atoms with Gasteiger partial charge in [0.05, 0.1) is 4.90 Å². The molecule has 5 aromatic carbocycles. The molecule has 0 bridgehead atoms. The molecule has 0 amide bonds. The first-order valence-corrected chi connectivity index (χ1v) is 18.3. The summed E-state index contributed by atoms with van der Waals surface area (Å²) in [5.74, 6) is -0.0213. The maximum Gasteiger partial charge on any atom is 0.339 e. The molecule has 0 saturated heterocycles. The molecule has 0 aliphatic heterocycles. The van der Waals surface area contributed by atoms with Crippen LogP contribution < -0.4 is 4.18 Å². The number of hydrogen-bond donors (Lipinski definition) is 0. The van der Waals surface area contributed by atoms with Crippen LogP contribution in [0, 0.1) is 6.92 Å². The Hall–Kier alpha value is -3.89. The Morgan fingerprint density at radius 1 is 0.477 bits per heavy atom. The van der Waals surface area contributed by atoms with Crippen molar-refractivity contribution in [1.29, 1.82) is 0 Å². The molecule has 0 saturated carbocycles. The lowest BCUT2D eigenvalue weighted by Gasteiger charge is -2.39. The molecule has 0 aromatic heterocycles. The van der Waals surface area contributed by atoms with Crippen LogP contribution in [0.1, 0.15) is 31.9 Å². The minimum Gasteiger partial charge on any atom is -0.379 e. The summed E-state index contributed by atoms with van der Waals surface area (Å²) >= 11 is 0. The highest BCUT2D eigenvalue weighted by atomic mass is 32.3. The molecule has 5 aromatic rings. The molecule has 5 rings (SSSR count). The van der Waals surface area contributed by atoms with Crippen LogP contribution >= 0.6 is 10.3 Å². The third-order valence-corrected chi connectivity index (χ3v) is 13.5. The highest BCUT2D eigenvalue weighted by Crippen LogP contribution is 2.70. The molecule has 0 aliphatic carbocycles. The van der Waals surface area contributed by atoms with Gasteiger partial charge in [-0.15, -0.1) is 0 Å². The van der Waals surface area contributed by atoms with Crippen LogP contribution in [0.4, 0.5) is 0 Å². The van der Waals surface area contributed by atoms with E-state index in [1.54, 1.807) is 12.1 Å². The van der Waals surface area contributed by atoms with Crippen molar-refractivity contribution in [1.82, 2.24) is 0 Å². The highest BCUT2D eigenvalue weighted by Gasteiger charge is 2.38. The summed E-state index contributed by atoms with van der Waals surface area (Å²) < 4.78 is 65.4. The summed E-state index contributed by atoms with van der Waals surface area (Å²) in [5, 5.41) is 0. The summed E-state index contributed by atoms with van der Waals surface area (Å²) in [4.78, 5) is 2.01. The number of aryl methyl sites for hydroxylation is 1. The summed E-state index contributed by atoms with van der Waals surface area (Å²) in [6.45, 7) is 8.22. The van der Waals surface area contributed by atoms with Crippen LogP contribution in [0.5, 0.6) is 5.75 Å². The fourth-order valence-corrected chi connectivity index (χ4v) is 10.8. The minimum atomic E-state index is -4.39. The average molecular weight is 647 g/mol. The molecule has 0 heterocycles. The third-order valence-electron chi connectivity index (χ3n) is 7.02. The van der Waals surface area contributed by atoms with E-state index < -0.39 is 30.5 Å². The van der Waals surface area contributed by atoms with E-state index in [0.29, 0.717) is 9.79 Å². The molecule has 0 radical (unpaired) electrons. The van der Waals surface area contributed by atoms with Gasteiger partial charge < -0.3 is 4.18 Å². The Kier molecular flexibility index (Phi) is 8.77. The topological polar surface area (TPSA) is 86.7 Å². The third kappa shape index (κ3) is 6.61. The van der Waals surface area contributed by atoms with Gasteiger partial charge >= 0.3 is 20.2 Å². The average Bonchev–Trinajstić information content (AvgIpc) is 3.01. The molecule has 228 valence electrons. The zero-order valence-corrected chi connectivity index (χ0v) is 27.3.